The number of amides is 1. The first-order valence-electron chi connectivity index (χ1n) is 9.45. The Morgan fingerprint density at radius 1 is 1.00 bits per heavy atom. The predicted molar refractivity (Wildman–Crippen MR) is 118 cm³/mol. The SMILES string of the molecule is CC(C(=O)Nc1ccccc1Cl)n1ccc2c(OCc3ccccc3)cccc21. The molecule has 3 aromatic carbocycles. The van der Waals surface area contributed by atoms with Gasteiger partial charge in [0.25, 0.3) is 0 Å². The molecule has 29 heavy (non-hydrogen) atoms. The van der Waals surface area contributed by atoms with Gasteiger partial charge in [0.1, 0.15) is 18.4 Å². The van der Waals surface area contributed by atoms with Gasteiger partial charge in [0, 0.05) is 11.6 Å². The lowest BCUT2D eigenvalue weighted by molar-refractivity contribution is -0.118. The van der Waals surface area contributed by atoms with E-state index in [-0.39, 0.29) is 5.91 Å². The van der Waals surface area contributed by atoms with Crippen molar-refractivity contribution in [2.75, 3.05) is 5.32 Å². The summed E-state index contributed by atoms with van der Waals surface area (Å²) in [5.41, 5.74) is 2.66. The molecule has 0 saturated carbocycles. The van der Waals surface area contributed by atoms with Gasteiger partial charge in [0.2, 0.25) is 5.91 Å². The molecule has 0 aliphatic rings. The highest BCUT2D eigenvalue weighted by molar-refractivity contribution is 6.33. The number of para-hydroxylation sites is 1. The summed E-state index contributed by atoms with van der Waals surface area (Å²) in [5.74, 6) is 0.662. The van der Waals surface area contributed by atoms with Crippen molar-refractivity contribution >= 4 is 34.1 Å². The number of hydrogen-bond donors (Lipinski definition) is 1. The van der Waals surface area contributed by atoms with Crippen molar-refractivity contribution in [2.45, 2.75) is 19.6 Å². The van der Waals surface area contributed by atoms with E-state index in [9.17, 15) is 4.79 Å². The number of nitrogens with one attached hydrogen (secondary N) is 1. The van der Waals surface area contributed by atoms with E-state index in [0.29, 0.717) is 17.3 Å². The molecule has 0 spiro atoms. The maximum Gasteiger partial charge on any atom is 0.247 e. The minimum atomic E-state index is -0.409. The van der Waals surface area contributed by atoms with Crippen molar-refractivity contribution in [1.29, 1.82) is 0 Å². The number of fused-ring (bicyclic) bond motifs is 1. The van der Waals surface area contributed by atoms with Crippen LogP contribution in [0.25, 0.3) is 10.9 Å². The zero-order chi connectivity index (χ0) is 20.2. The molecule has 4 aromatic rings. The lowest BCUT2D eigenvalue weighted by Gasteiger charge is -2.16. The second-order valence-electron chi connectivity index (χ2n) is 6.83. The normalized spacial score (nSPS) is 11.9. The molecule has 0 bridgehead atoms. The van der Waals surface area contributed by atoms with E-state index in [1.165, 1.54) is 0 Å². The van der Waals surface area contributed by atoms with Crippen molar-refractivity contribution in [1.82, 2.24) is 4.57 Å². The van der Waals surface area contributed by atoms with Crippen LogP contribution in [0.3, 0.4) is 0 Å². The lowest BCUT2D eigenvalue weighted by atomic mass is 10.2. The Balaban J connectivity index is 1.55. The summed E-state index contributed by atoms with van der Waals surface area (Å²) >= 11 is 6.16. The van der Waals surface area contributed by atoms with Gasteiger partial charge in [-0.2, -0.15) is 0 Å². The quantitative estimate of drug-likeness (QED) is 0.423. The average molecular weight is 405 g/mol. The average Bonchev–Trinajstić information content (AvgIpc) is 3.19. The maximum atomic E-state index is 12.8. The van der Waals surface area contributed by atoms with Gasteiger partial charge < -0.3 is 14.6 Å². The molecular formula is C24H21ClN2O2. The number of carbonyl (C=O) groups is 1. The zero-order valence-electron chi connectivity index (χ0n) is 16.0. The van der Waals surface area contributed by atoms with Crippen LogP contribution in [-0.4, -0.2) is 10.5 Å². The maximum absolute atomic E-state index is 12.8. The first-order chi connectivity index (χ1) is 14.1. The molecule has 1 heterocycles. The number of benzene rings is 3. The Hall–Kier alpha value is -3.24. The van der Waals surface area contributed by atoms with Gasteiger partial charge in [-0.3, -0.25) is 4.79 Å². The lowest BCUT2D eigenvalue weighted by Crippen LogP contribution is -2.23. The Kier molecular flexibility index (Phi) is 5.54. The van der Waals surface area contributed by atoms with Gasteiger partial charge in [0.15, 0.2) is 0 Å². The minimum absolute atomic E-state index is 0.133. The molecule has 5 heteroatoms. The molecule has 0 saturated heterocycles. The van der Waals surface area contributed by atoms with Gasteiger partial charge >= 0.3 is 0 Å². The van der Waals surface area contributed by atoms with E-state index < -0.39 is 6.04 Å². The molecule has 1 aromatic heterocycles. The minimum Gasteiger partial charge on any atom is -0.488 e. The molecule has 1 amide bonds. The van der Waals surface area contributed by atoms with E-state index in [1.807, 2.05) is 84.4 Å². The number of carbonyl (C=O) groups excluding carboxylic acids is 1. The Labute approximate surface area is 174 Å². The highest BCUT2D eigenvalue weighted by Crippen LogP contribution is 2.30. The van der Waals surface area contributed by atoms with E-state index >= 15 is 0 Å². The third-order valence-electron chi connectivity index (χ3n) is 4.89. The Morgan fingerprint density at radius 3 is 2.55 bits per heavy atom. The van der Waals surface area contributed by atoms with Gasteiger partial charge in [-0.15, -0.1) is 0 Å². The highest BCUT2D eigenvalue weighted by Gasteiger charge is 2.18. The van der Waals surface area contributed by atoms with Crippen molar-refractivity contribution in [2.24, 2.45) is 0 Å². The van der Waals surface area contributed by atoms with Crippen LogP contribution in [0, 0.1) is 0 Å². The van der Waals surface area contributed by atoms with Crippen LogP contribution < -0.4 is 10.1 Å². The van der Waals surface area contributed by atoms with Crippen LogP contribution in [0.2, 0.25) is 5.02 Å². The van der Waals surface area contributed by atoms with Crippen molar-refractivity contribution in [3.63, 3.8) is 0 Å². The van der Waals surface area contributed by atoms with Crippen molar-refractivity contribution in [3.05, 3.63) is 95.6 Å². The van der Waals surface area contributed by atoms with Crippen molar-refractivity contribution < 1.29 is 9.53 Å². The molecular weight excluding hydrogens is 384 g/mol. The second-order valence-corrected chi connectivity index (χ2v) is 7.24. The number of rotatable bonds is 6. The predicted octanol–water partition coefficient (Wildman–Crippen LogP) is 6.07. The number of ether oxygens (including phenoxy) is 1. The molecule has 1 unspecified atom stereocenters. The number of nitrogens with zero attached hydrogens (tertiary/aromatic N) is 1. The third-order valence-corrected chi connectivity index (χ3v) is 5.22. The molecule has 1 atom stereocenters. The third kappa shape index (κ3) is 4.13. The molecule has 0 radical (unpaired) electrons. The molecule has 146 valence electrons. The zero-order valence-corrected chi connectivity index (χ0v) is 16.8. The van der Waals surface area contributed by atoms with E-state index in [0.717, 1.165) is 22.2 Å². The molecule has 0 aliphatic heterocycles. The summed E-state index contributed by atoms with van der Waals surface area (Å²) in [6.07, 6.45) is 1.91. The fraction of sp³-hybridized carbons (Fsp3) is 0.125. The van der Waals surface area contributed by atoms with Crippen LogP contribution in [-0.2, 0) is 11.4 Å². The molecule has 1 N–H and O–H groups in total. The van der Waals surface area contributed by atoms with E-state index in [4.69, 9.17) is 16.3 Å². The largest absolute Gasteiger partial charge is 0.488 e. The summed E-state index contributed by atoms with van der Waals surface area (Å²) in [5, 5.41) is 4.39. The summed E-state index contributed by atoms with van der Waals surface area (Å²) in [6, 6.07) is 24.7. The first kappa shape index (κ1) is 19.1. The van der Waals surface area contributed by atoms with Crippen LogP contribution in [0.1, 0.15) is 18.5 Å². The number of aromatic nitrogens is 1. The Morgan fingerprint density at radius 2 is 1.76 bits per heavy atom. The van der Waals surface area contributed by atoms with Crippen LogP contribution in [0.4, 0.5) is 5.69 Å². The molecule has 4 rings (SSSR count). The summed E-state index contributed by atoms with van der Waals surface area (Å²) in [6.45, 7) is 2.36. The van der Waals surface area contributed by atoms with Gasteiger partial charge in [-0.1, -0.05) is 60.1 Å². The summed E-state index contributed by atoms with van der Waals surface area (Å²) in [4.78, 5) is 12.8. The van der Waals surface area contributed by atoms with Gasteiger partial charge in [-0.05, 0) is 42.8 Å². The van der Waals surface area contributed by atoms with E-state index in [2.05, 4.69) is 5.32 Å². The van der Waals surface area contributed by atoms with Gasteiger partial charge in [-0.25, -0.2) is 0 Å². The topological polar surface area (TPSA) is 43.3 Å². The monoisotopic (exact) mass is 404 g/mol. The standard InChI is InChI=1S/C24H21ClN2O2/c1-17(24(28)26-21-11-6-5-10-20(21)25)27-15-14-19-22(27)12-7-13-23(19)29-16-18-8-3-2-4-9-18/h2-15,17H,16H2,1H3,(H,26,28). The first-order valence-corrected chi connectivity index (χ1v) is 9.83. The van der Waals surface area contributed by atoms with Crippen LogP contribution in [0.15, 0.2) is 85.1 Å². The van der Waals surface area contributed by atoms with Crippen LogP contribution >= 0.6 is 11.6 Å². The summed E-state index contributed by atoms with van der Waals surface area (Å²) in [7, 11) is 0. The van der Waals surface area contributed by atoms with Gasteiger partial charge in [0.05, 0.1) is 16.2 Å². The highest BCUT2D eigenvalue weighted by atomic mass is 35.5. The summed E-state index contributed by atoms with van der Waals surface area (Å²) < 4.78 is 7.98. The molecule has 0 aliphatic carbocycles. The number of halogens is 1. The second kappa shape index (κ2) is 8.41. The Bertz CT molecular complexity index is 1140. The molecule has 0 fully saturated rings. The fourth-order valence-electron chi connectivity index (χ4n) is 3.29. The smallest absolute Gasteiger partial charge is 0.247 e. The van der Waals surface area contributed by atoms with E-state index in [1.54, 1.807) is 12.1 Å². The number of hydrogen-bond acceptors (Lipinski definition) is 2. The van der Waals surface area contributed by atoms with Crippen molar-refractivity contribution in [3.8, 4) is 5.75 Å². The fourth-order valence-corrected chi connectivity index (χ4v) is 3.47. The van der Waals surface area contributed by atoms with Crippen LogP contribution in [0.5, 0.6) is 5.75 Å². The number of anilines is 1. The molecule has 4 nitrogen and oxygen atoms in total.